The van der Waals surface area contributed by atoms with Gasteiger partial charge in [0.15, 0.2) is 0 Å². The number of hydrogen-bond donors (Lipinski definition) is 2. The predicted octanol–water partition coefficient (Wildman–Crippen LogP) is 0.188. The summed E-state index contributed by atoms with van der Waals surface area (Å²) in [6, 6.07) is 2.56. The summed E-state index contributed by atoms with van der Waals surface area (Å²) < 4.78 is 10.1. The number of benzene rings is 1. The van der Waals surface area contributed by atoms with Crippen molar-refractivity contribution in [3.63, 3.8) is 0 Å². The summed E-state index contributed by atoms with van der Waals surface area (Å²) in [5, 5.41) is 13.6. The normalized spacial score (nSPS) is 11.9. The molecular weight excluding hydrogens is 292 g/mol. The Morgan fingerprint density at radius 1 is 1.41 bits per heavy atom. The molecule has 1 atom stereocenters. The van der Waals surface area contributed by atoms with Crippen molar-refractivity contribution in [3.05, 3.63) is 27.8 Å². The molecule has 0 bridgehead atoms. The third kappa shape index (κ3) is 4.06. The summed E-state index contributed by atoms with van der Waals surface area (Å²) in [7, 11) is 6.22. The molecule has 0 aromatic heterocycles. The Hall–Kier alpha value is -2.39. The van der Waals surface area contributed by atoms with Gasteiger partial charge in [-0.05, 0) is 20.2 Å². The lowest BCUT2D eigenvalue weighted by atomic mass is 10.1. The van der Waals surface area contributed by atoms with Crippen LogP contribution in [0, 0.1) is 10.1 Å². The molecule has 0 saturated carbocycles. The molecule has 0 saturated heterocycles. The number of amides is 1. The molecule has 0 spiro atoms. The first kappa shape index (κ1) is 17.7. The van der Waals surface area contributed by atoms with Gasteiger partial charge in [-0.1, -0.05) is 0 Å². The zero-order valence-electron chi connectivity index (χ0n) is 13.0. The molecule has 9 heteroatoms. The van der Waals surface area contributed by atoms with Gasteiger partial charge in [-0.15, -0.1) is 0 Å². The van der Waals surface area contributed by atoms with Gasteiger partial charge in [-0.25, -0.2) is 0 Å². The number of nitrogens with two attached hydrogens (primary N) is 1. The molecule has 0 fully saturated rings. The highest BCUT2D eigenvalue weighted by Crippen LogP contribution is 2.36. The molecule has 1 unspecified atom stereocenters. The second-order valence-electron chi connectivity index (χ2n) is 4.79. The first-order valence-electron chi connectivity index (χ1n) is 6.42. The van der Waals surface area contributed by atoms with Crippen LogP contribution in [0.3, 0.4) is 0 Å². The van der Waals surface area contributed by atoms with Gasteiger partial charge in [0.25, 0.3) is 5.91 Å². The Morgan fingerprint density at radius 2 is 2.05 bits per heavy atom. The molecule has 1 aromatic carbocycles. The lowest BCUT2D eigenvalue weighted by molar-refractivity contribution is -0.385. The number of nitrogens with one attached hydrogen (secondary N) is 1. The third-order valence-electron chi connectivity index (χ3n) is 2.82. The maximum atomic E-state index is 12.4. The number of hydrogen-bond acceptors (Lipinski definition) is 7. The number of methoxy groups -OCH3 is 2. The van der Waals surface area contributed by atoms with E-state index >= 15 is 0 Å². The fourth-order valence-corrected chi connectivity index (χ4v) is 1.97. The van der Waals surface area contributed by atoms with Crippen LogP contribution < -0.4 is 20.5 Å². The summed E-state index contributed by atoms with van der Waals surface area (Å²) in [6.45, 7) is 0.408. The lowest BCUT2D eigenvalue weighted by Crippen LogP contribution is -2.47. The number of nitrogens with zero attached hydrogens (tertiary/aromatic N) is 2. The Bertz CT molecular complexity index is 562. The summed E-state index contributed by atoms with van der Waals surface area (Å²) in [6.07, 6.45) is -0.642. The molecule has 0 aliphatic rings. The molecular formula is C13H20N4O5. The number of carbonyl (C=O) groups excluding carboxylic acids is 1. The largest absolute Gasteiger partial charge is 0.496 e. The Labute approximate surface area is 128 Å². The van der Waals surface area contributed by atoms with Crippen LogP contribution in [0.2, 0.25) is 0 Å². The van der Waals surface area contributed by atoms with E-state index in [9.17, 15) is 14.9 Å². The lowest BCUT2D eigenvalue weighted by Gasteiger charge is -2.19. The van der Waals surface area contributed by atoms with Gasteiger partial charge in [0.1, 0.15) is 11.3 Å². The molecule has 0 heterocycles. The maximum absolute atomic E-state index is 12.4. The van der Waals surface area contributed by atoms with Crippen LogP contribution in [0.1, 0.15) is 10.4 Å². The zero-order chi connectivity index (χ0) is 16.9. The second-order valence-corrected chi connectivity index (χ2v) is 4.79. The SMILES string of the molecule is COc1ccc([N+](=O)[O-])c(OC)c1C(=O)NC(N)CN(C)C. The minimum absolute atomic E-state index is 0.0617. The molecule has 1 aromatic rings. The van der Waals surface area contributed by atoms with Gasteiger partial charge in [-0.3, -0.25) is 14.9 Å². The van der Waals surface area contributed by atoms with Crippen LogP contribution in [0.15, 0.2) is 12.1 Å². The average molecular weight is 312 g/mol. The van der Waals surface area contributed by atoms with E-state index in [0.29, 0.717) is 6.54 Å². The number of likely N-dealkylation sites (N-methyl/N-ethyl adjacent to an activating group) is 1. The maximum Gasteiger partial charge on any atom is 0.312 e. The quantitative estimate of drug-likeness (QED) is 0.419. The highest BCUT2D eigenvalue weighted by molar-refractivity contribution is 6.01. The second kappa shape index (κ2) is 7.57. The van der Waals surface area contributed by atoms with E-state index in [1.807, 2.05) is 0 Å². The van der Waals surface area contributed by atoms with E-state index in [0.717, 1.165) is 0 Å². The standard InChI is InChI=1S/C13H20N4O5/c1-16(2)7-10(14)15-13(18)11-9(21-3)6-5-8(17(19)20)12(11)22-4/h5-6,10H,7,14H2,1-4H3,(H,15,18). The van der Waals surface area contributed by atoms with E-state index in [4.69, 9.17) is 15.2 Å². The van der Waals surface area contributed by atoms with Crippen molar-refractivity contribution in [2.45, 2.75) is 6.17 Å². The topological polar surface area (TPSA) is 120 Å². The minimum atomic E-state index is -0.642. The number of nitro benzene ring substituents is 1. The Kier molecular flexibility index (Phi) is 6.08. The van der Waals surface area contributed by atoms with Crippen molar-refractivity contribution in [1.82, 2.24) is 10.2 Å². The van der Waals surface area contributed by atoms with Gasteiger partial charge >= 0.3 is 5.69 Å². The zero-order valence-corrected chi connectivity index (χ0v) is 13.0. The van der Waals surface area contributed by atoms with Crippen LogP contribution in [0.25, 0.3) is 0 Å². The van der Waals surface area contributed by atoms with Crippen LogP contribution in [-0.4, -0.2) is 56.8 Å². The number of carbonyl (C=O) groups is 1. The summed E-state index contributed by atoms with van der Waals surface area (Å²) >= 11 is 0. The molecule has 0 aliphatic carbocycles. The predicted molar refractivity (Wildman–Crippen MR) is 80.2 cm³/mol. The van der Waals surface area contributed by atoms with Crippen LogP contribution in [0.5, 0.6) is 11.5 Å². The molecule has 0 aliphatic heterocycles. The fourth-order valence-electron chi connectivity index (χ4n) is 1.97. The van der Waals surface area contributed by atoms with Crippen molar-refractivity contribution < 1.29 is 19.2 Å². The molecule has 9 nitrogen and oxygen atoms in total. The number of ether oxygens (including phenoxy) is 2. The molecule has 0 radical (unpaired) electrons. The van der Waals surface area contributed by atoms with Crippen molar-refractivity contribution in [2.75, 3.05) is 34.9 Å². The van der Waals surface area contributed by atoms with Crippen LogP contribution >= 0.6 is 0 Å². The first-order valence-corrected chi connectivity index (χ1v) is 6.42. The minimum Gasteiger partial charge on any atom is -0.496 e. The smallest absolute Gasteiger partial charge is 0.312 e. The fraction of sp³-hybridized carbons (Fsp3) is 0.462. The summed E-state index contributed by atoms with van der Waals surface area (Å²) in [4.78, 5) is 24.6. The Morgan fingerprint density at radius 3 is 2.50 bits per heavy atom. The number of nitro groups is 1. The average Bonchev–Trinajstić information content (AvgIpc) is 2.43. The number of rotatable bonds is 7. The van der Waals surface area contributed by atoms with Crippen molar-refractivity contribution >= 4 is 11.6 Å². The van der Waals surface area contributed by atoms with E-state index < -0.39 is 17.0 Å². The summed E-state index contributed by atoms with van der Waals surface area (Å²) in [5.41, 5.74) is 5.42. The van der Waals surface area contributed by atoms with Crippen molar-refractivity contribution in [3.8, 4) is 11.5 Å². The highest BCUT2D eigenvalue weighted by atomic mass is 16.6. The molecule has 1 amide bonds. The van der Waals surface area contributed by atoms with E-state index in [-0.39, 0.29) is 22.7 Å². The van der Waals surface area contributed by atoms with Crippen molar-refractivity contribution in [1.29, 1.82) is 0 Å². The van der Waals surface area contributed by atoms with Gasteiger partial charge in [-0.2, -0.15) is 0 Å². The van der Waals surface area contributed by atoms with Crippen LogP contribution in [-0.2, 0) is 0 Å². The van der Waals surface area contributed by atoms with Gasteiger partial charge in [0, 0.05) is 12.6 Å². The van der Waals surface area contributed by atoms with E-state index in [2.05, 4.69) is 5.32 Å². The van der Waals surface area contributed by atoms with E-state index in [1.54, 1.807) is 19.0 Å². The first-order chi connectivity index (χ1) is 10.3. The van der Waals surface area contributed by atoms with Gasteiger partial charge < -0.3 is 25.4 Å². The van der Waals surface area contributed by atoms with E-state index in [1.165, 1.54) is 26.4 Å². The van der Waals surface area contributed by atoms with Gasteiger partial charge in [0.2, 0.25) is 5.75 Å². The van der Waals surface area contributed by atoms with Crippen LogP contribution in [0.4, 0.5) is 5.69 Å². The monoisotopic (exact) mass is 312 g/mol. The van der Waals surface area contributed by atoms with Crippen molar-refractivity contribution in [2.24, 2.45) is 5.73 Å². The Balaban J connectivity index is 3.22. The molecule has 3 N–H and O–H groups in total. The molecule has 22 heavy (non-hydrogen) atoms. The van der Waals surface area contributed by atoms with Gasteiger partial charge in [0.05, 0.1) is 25.3 Å². The molecule has 1 rings (SSSR count). The summed E-state index contributed by atoms with van der Waals surface area (Å²) in [5.74, 6) is -0.609. The third-order valence-corrected chi connectivity index (χ3v) is 2.82. The molecule has 122 valence electrons. The highest BCUT2D eigenvalue weighted by Gasteiger charge is 2.28.